The summed E-state index contributed by atoms with van der Waals surface area (Å²) in [5, 5.41) is 10.0. The van der Waals surface area contributed by atoms with Crippen molar-refractivity contribution in [2.24, 2.45) is 0 Å². The van der Waals surface area contributed by atoms with E-state index < -0.39 is 0 Å². The highest BCUT2D eigenvalue weighted by molar-refractivity contribution is 6.34. The van der Waals surface area contributed by atoms with Crippen LogP contribution < -0.4 is 10.6 Å². The minimum Gasteiger partial charge on any atom is -0.337 e. The molecule has 0 radical (unpaired) electrons. The van der Waals surface area contributed by atoms with Crippen LogP contribution in [0.15, 0.2) is 16.7 Å². The van der Waals surface area contributed by atoms with E-state index in [-0.39, 0.29) is 12.1 Å². The smallest absolute Gasteiger partial charge is 0.319 e. The molecule has 1 aliphatic rings. The maximum atomic E-state index is 12.2. The molecule has 1 aromatic carbocycles. The first-order chi connectivity index (χ1) is 10.9. The molecule has 0 unspecified atom stereocenters. The molecule has 1 atom stereocenters. The van der Waals surface area contributed by atoms with Gasteiger partial charge in [0.2, 0.25) is 5.89 Å². The summed E-state index contributed by atoms with van der Waals surface area (Å²) in [4.78, 5) is 16.5. The number of urea groups is 1. The largest absolute Gasteiger partial charge is 0.337 e. The Labute approximate surface area is 139 Å². The summed E-state index contributed by atoms with van der Waals surface area (Å²) in [6.07, 6.45) is 2.21. The molecule has 1 fully saturated rings. The molecule has 2 N–H and O–H groups in total. The zero-order chi connectivity index (χ0) is 16.6. The molecule has 0 bridgehead atoms. The molecule has 1 heterocycles. The molecule has 3 rings (SSSR count). The van der Waals surface area contributed by atoms with Crippen molar-refractivity contribution in [1.29, 1.82) is 0 Å². The number of nitrogens with zero attached hydrogens (tertiary/aromatic N) is 2. The fraction of sp³-hybridized carbons (Fsp3) is 0.438. The number of benzene rings is 1. The number of rotatable bonds is 4. The Kier molecular flexibility index (Phi) is 4.26. The minimum atomic E-state index is -0.375. The van der Waals surface area contributed by atoms with Gasteiger partial charge in [0.25, 0.3) is 0 Å². The fourth-order valence-electron chi connectivity index (χ4n) is 2.41. The summed E-state index contributed by atoms with van der Waals surface area (Å²) in [5.41, 5.74) is 2.56. The molecule has 122 valence electrons. The minimum absolute atomic E-state index is 0.363. The van der Waals surface area contributed by atoms with E-state index in [1.54, 1.807) is 6.92 Å². The zero-order valence-electron chi connectivity index (χ0n) is 13.3. The number of halogens is 1. The first-order valence-electron chi connectivity index (χ1n) is 7.62. The van der Waals surface area contributed by atoms with Crippen LogP contribution in [0.25, 0.3) is 0 Å². The predicted molar refractivity (Wildman–Crippen MR) is 87.8 cm³/mol. The van der Waals surface area contributed by atoms with Crippen molar-refractivity contribution in [1.82, 2.24) is 15.5 Å². The summed E-state index contributed by atoms with van der Waals surface area (Å²) in [6.45, 7) is 5.66. The van der Waals surface area contributed by atoms with Crippen LogP contribution in [-0.2, 0) is 0 Å². The van der Waals surface area contributed by atoms with E-state index in [1.165, 1.54) is 0 Å². The molecule has 2 aromatic rings. The molecular weight excluding hydrogens is 316 g/mol. The number of hydrogen-bond donors (Lipinski definition) is 2. The Morgan fingerprint density at radius 1 is 1.39 bits per heavy atom. The molecule has 2 amide bonds. The third-order valence-electron chi connectivity index (χ3n) is 3.79. The van der Waals surface area contributed by atoms with Crippen molar-refractivity contribution in [3.8, 4) is 0 Å². The van der Waals surface area contributed by atoms with E-state index in [0.717, 1.165) is 29.8 Å². The van der Waals surface area contributed by atoms with E-state index in [1.807, 2.05) is 26.0 Å². The van der Waals surface area contributed by atoms with Crippen molar-refractivity contribution in [2.45, 2.75) is 45.6 Å². The number of hydrogen-bond acceptors (Lipinski definition) is 4. The molecule has 1 aliphatic carbocycles. The number of carbonyl (C=O) groups is 1. The molecule has 1 aromatic heterocycles. The standard InChI is InChI=1S/C16H19ClN4O2/c1-8-6-9(2)13(12(17)7-8)19-16(22)18-10(3)15-20-14(21-23-15)11-4-5-11/h6-7,10-11H,4-5H2,1-3H3,(H2,18,19,22)/t10-/m0/s1. The maximum absolute atomic E-state index is 12.2. The molecular formula is C16H19ClN4O2. The first kappa shape index (κ1) is 15.8. The first-order valence-corrected chi connectivity index (χ1v) is 7.99. The van der Waals surface area contributed by atoms with E-state index in [9.17, 15) is 4.79 Å². The van der Waals surface area contributed by atoms with E-state index >= 15 is 0 Å². The van der Waals surface area contributed by atoms with E-state index in [4.69, 9.17) is 16.1 Å². The molecule has 0 saturated heterocycles. The van der Waals surface area contributed by atoms with Crippen LogP contribution in [-0.4, -0.2) is 16.2 Å². The van der Waals surface area contributed by atoms with Crippen molar-refractivity contribution in [3.63, 3.8) is 0 Å². The monoisotopic (exact) mass is 334 g/mol. The van der Waals surface area contributed by atoms with Gasteiger partial charge in [0.15, 0.2) is 5.82 Å². The number of carbonyl (C=O) groups excluding carboxylic acids is 1. The number of aromatic nitrogens is 2. The van der Waals surface area contributed by atoms with Gasteiger partial charge in [0.1, 0.15) is 6.04 Å². The van der Waals surface area contributed by atoms with Gasteiger partial charge in [0, 0.05) is 5.92 Å². The lowest BCUT2D eigenvalue weighted by atomic mass is 10.1. The summed E-state index contributed by atoms with van der Waals surface area (Å²) in [6, 6.07) is 3.04. The van der Waals surface area contributed by atoms with E-state index in [0.29, 0.717) is 22.5 Å². The van der Waals surface area contributed by atoms with Crippen LogP contribution in [0.1, 0.15) is 54.6 Å². The second-order valence-electron chi connectivity index (χ2n) is 6.02. The highest BCUT2D eigenvalue weighted by Crippen LogP contribution is 2.38. The van der Waals surface area contributed by atoms with Crippen LogP contribution in [0, 0.1) is 13.8 Å². The number of amides is 2. The summed E-state index contributed by atoms with van der Waals surface area (Å²) in [5.74, 6) is 1.56. The Morgan fingerprint density at radius 2 is 2.13 bits per heavy atom. The lowest BCUT2D eigenvalue weighted by Crippen LogP contribution is -2.31. The Bertz CT molecular complexity index is 716. The molecule has 0 aliphatic heterocycles. The van der Waals surface area contributed by atoms with Gasteiger partial charge in [-0.3, -0.25) is 0 Å². The van der Waals surface area contributed by atoms with Gasteiger partial charge in [-0.2, -0.15) is 4.98 Å². The third-order valence-corrected chi connectivity index (χ3v) is 4.09. The molecule has 0 spiro atoms. The molecule has 1 saturated carbocycles. The van der Waals surface area contributed by atoms with E-state index in [2.05, 4.69) is 20.8 Å². The highest BCUT2D eigenvalue weighted by atomic mass is 35.5. The van der Waals surface area contributed by atoms with Crippen LogP contribution in [0.4, 0.5) is 10.5 Å². The van der Waals surface area contributed by atoms with Crippen molar-refractivity contribution >= 4 is 23.3 Å². The number of aryl methyl sites for hydroxylation is 2. The Hall–Kier alpha value is -2.08. The average Bonchev–Trinajstić information content (AvgIpc) is 3.20. The number of nitrogens with one attached hydrogen (secondary N) is 2. The fourth-order valence-corrected chi connectivity index (χ4v) is 2.78. The maximum Gasteiger partial charge on any atom is 0.319 e. The SMILES string of the molecule is Cc1cc(C)c(NC(=O)N[C@@H](C)c2nc(C3CC3)no2)c(Cl)c1. The van der Waals surface area contributed by atoms with Crippen LogP contribution in [0.2, 0.25) is 5.02 Å². The van der Waals surface area contributed by atoms with Crippen molar-refractivity contribution < 1.29 is 9.32 Å². The zero-order valence-corrected chi connectivity index (χ0v) is 14.1. The van der Waals surface area contributed by atoms with Gasteiger partial charge in [-0.05, 0) is 50.8 Å². The summed E-state index contributed by atoms with van der Waals surface area (Å²) < 4.78 is 5.21. The number of anilines is 1. The van der Waals surface area contributed by atoms with Gasteiger partial charge in [-0.25, -0.2) is 4.79 Å². The third kappa shape index (κ3) is 3.64. The van der Waals surface area contributed by atoms with Gasteiger partial charge in [-0.1, -0.05) is 22.8 Å². The van der Waals surface area contributed by atoms with Gasteiger partial charge in [0.05, 0.1) is 10.7 Å². The molecule has 6 nitrogen and oxygen atoms in total. The van der Waals surface area contributed by atoms with Gasteiger partial charge < -0.3 is 15.2 Å². The topological polar surface area (TPSA) is 80.0 Å². The van der Waals surface area contributed by atoms with Crippen LogP contribution in [0.3, 0.4) is 0 Å². The van der Waals surface area contributed by atoms with Crippen molar-refractivity contribution in [3.05, 3.63) is 40.0 Å². The average molecular weight is 335 g/mol. The molecule has 7 heteroatoms. The quantitative estimate of drug-likeness (QED) is 0.882. The molecule has 23 heavy (non-hydrogen) atoms. The lowest BCUT2D eigenvalue weighted by Gasteiger charge is -2.14. The summed E-state index contributed by atoms with van der Waals surface area (Å²) >= 11 is 6.19. The predicted octanol–water partition coefficient (Wildman–Crippen LogP) is 4.10. The Morgan fingerprint density at radius 3 is 2.78 bits per heavy atom. The second-order valence-corrected chi connectivity index (χ2v) is 6.43. The highest BCUT2D eigenvalue weighted by Gasteiger charge is 2.29. The normalized spacial score (nSPS) is 15.3. The second kappa shape index (κ2) is 6.20. The van der Waals surface area contributed by atoms with Crippen molar-refractivity contribution in [2.75, 3.05) is 5.32 Å². The van der Waals surface area contributed by atoms with Crippen LogP contribution in [0.5, 0.6) is 0 Å². The summed E-state index contributed by atoms with van der Waals surface area (Å²) in [7, 11) is 0. The Balaban J connectivity index is 1.64. The van der Waals surface area contributed by atoms with Crippen LogP contribution >= 0.6 is 11.6 Å². The van der Waals surface area contributed by atoms with Gasteiger partial charge in [-0.15, -0.1) is 0 Å². The van der Waals surface area contributed by atoms with Gasteiger partial charge >= 0.3 is 6.03 Å². The lowest BCUT2D eigenvalue weighted by molar-refractivity contribution is 0.245.